The van der Waals surface area contributed by atoms with Crippen molar-refractivity contribution in [2.75, 3.05) is 37.0 Å². The van der Waals surface area contributed by atoms with Crippen LogP contribution in [0.1, 0.15) is 39.9 Å². The number of rotatable bonds is 8. The van der Waals surface area contributed by atoms with Gasteiger partial charge in [-0.25, -0.2) is 9.37 Å². The van der Waals surface area contributed by atoms with E-state index >= 15 is 0 Å². The summed E-state index contributed by atoms with van der Waals surface area (Å²) in [5.41, 5.74) is 8.02. The Morgan fingerprint density at radius 2 is 2.09 bits per heavy atom. The van der Waals surface area contributed by atoms with E-state index in [0.717, 1.165) is 24.2 Å². The maximum Gasteiger partial charge on any atom is 0.279 e. The molecule has 170 valence electrons. The fraction of sp³-hybridized carbons (Fsp3) is 0.429. The molecule has 0 unspecified atom stereocenters. The molecular weight excluding hydrogens is 417 g/mol. The Kier molecular flexibility index (Phi) is 5.83. The average Bonchev–Trinajstić information content (AvgIpc) is 3.26. The van der Waals surface area contributed by atoms with E-state index in [1.54, 1.807) is 26.2 Å². The highest BCUT2D eigenvalue weighted by molar-refractivity contribution is 6.05. The van der Waals surface area contributed by atoms with Gasteiger partial charge in [0.2, 0.25) is 11.9 Å². The average molecular weight is 443 g/mol. The van der Waals surface area contributed by atoms with Crippen molar-refractivity contribution >= 4 is 34.5 Å². The number of carbonyl (C=O) groups is 2. The third-order valence-electron chi connectivity index (χ3n) is 5.61. The van der Waals surface area contributed by atoms with Crippen LogP contribution in [-0.2, 0) is 17.8 Å². The fourth-order valence-electron chi connectivity index (χ4n) is 4.08. The summed E-state index contributed by atoms with van der Waals surface area (Å²) in [6.07, 6.45) is 0.816. The van der Waals surface area contributed by atoms with E-state index in [4.69, 9.17) is 10.5 Å². The number of nitrogens with two attached hydrogens (primary N) is 1. The van der Waals surface area contributed by atoms with Gasteiger partial charge in [0.05, 0.1) is 22.4 Å². The molecule has 1 aliphatic rings. The lowest BCUT2D eigenvalue weighted by atomic mass is 10.1. The van der Waals surface area contributed by atoms with Crippen molar-refractivity contribution in [2.24, 2.45) is 5.73 Å². The minimum atomic E-state index is -0.653. The van der Waals surface area contributed by atoms with Gasteiger partial charge in [0.1, 0.15) is 0 Å². The van der Waals surface area contributed by atoms with Gasteiger partial charge in [-0.15, -0.1) is 0 Å². The summed E-state index contributed by atoms with van der Waals surface area (Å²) in [5, 5.41) is 6.79. The number of nitrogens with zero attached hydrogens (tertiary/aromatic N) is 5. The molecular formula is C21H26FN7O3. The number of ether oxygens (including phenoxy) is 1. The number of benzene rings is 1. The first-order valence-corrected chi connectivity index (χ1v) is 10.5. The molecule has 2 aromatic heterocycles. The number of amides is 2. The predicted molar refractivity (Wildman–Crippen MR) is 118 cm³/mol. The van der Waals surface area contributed by atoms with E-state index in [1.165, 1.54) is 11.6 Å². The third-order valence-corrected chi connectivity index (χ3v) is 5.61. The van der Waals surface area contributed by atoms with Crippen LogP contribution in [0, 0.1) is 12.7 Å². The fourth-order valence-corrected chi connectivity index (χ4v) is 4.08. The predicted octanol–water partition coefficient (Wildman–Crippen LogP) is 1.91. The van der Waals surface area contributed by atoms with Crippen LogP contribution < -0.4 is 16.0 Å². The first-order chi connectivity index (χ1) is 15.3. The van der Waals surface area contributed by atoms with E-state index in [2.05, 4.69) is 20.3 Å². The highest BCUT2D eigenvalue weighted by Crippen LogP contribution is 2.35. The monoisotopic (exact) mass is 443 g/mol. The van der Waals surface area contributed by atoms with Crippen molar-refractivity contribution in [1.82, 2.24) is 19.3 Å². The molecule has 2 amide bonds. The van der Waals surface area contributed by atoms with E-state index in [0.29, 0.717) is 37.3 Å². The van der Waals surface area contributed by atoms with E-state index in [1.807, 2.05) is 4.57 Å². The number of nitrogens with one attached hydrogen (secondary N) is 1. The molecule has 4 rings (SSSR count). The highest BCUT2D eigenvalue weighted by atomic mass is 19.1. The van der Waals surface area contributed by atoms with Crippen LogP contribution in [0.5, 0.6) is 0 Å². The van der Waals surface area contributed by atoms with Gasteiger partial charge in [0.25, 0.3) is 5.91 Å². The zero-order chi connectivity index (χ0) is 23.0. The first-order valence-electron chi connectivity index (χ1n) is 10.5. The molecule has 10 nitrogen and oxygen atoms in total. The Bertz CT molecular complexity index is 1200. The lowest BCUT2D eigenvalue weighted by Crippen LogP contribution is -2.33. The summed E-state index contributed by atoms with van der Waals surface area (Å²) < 4.78 is 22.9. The zero-order valence-corrected chi connectivity index (χ0v) is 18.3. The Balaban J connectivity index is 1.75. The molecule has 1 aliphatic heterocycles. The van der Waals surface area contributed by atoms with Crippen molar-refractivity contribution in [3.8, 4) is 0 Å². The van der Waals surface area contributed by atoms with Gasteiger partial charge < -0.3 is 19.9 Å². The molecule has 11 heteroatoms. The standard InChI is InChI=1S/C21H26FN7O3/c1-4-29-18(16(22)12(2)26-29)20(31)25-21-24-14-10-13(19(23)30)11-15-17(14)28(21)8-7-27(15)6-5-9-32-3/h10-11H,4-9H2,1-3H3,(H2,23,30)(H,24,25,31). The summed E-state index contributed by atoms with van der Waals surface area (Å²) in [4.78, 5) is 31.5. The van der Waals surface area contributed by atoms with Gasteiger partial charge >= 0.3 is 0 Å². The lowest BCUT2D eigenvalue weighted by molar-refractivity contribution is 0.0994. The number of hydrogen-bond donors (Lipinski definition) is 2. The number of anilines is 2. The van der Waals surface area contributed by atoms with Crippen LogP contribution in [0.25, 0.3) is 11.0 Å². The van der Waals surface area contributed by atoms with Gasteiger partial charge in [0.15, 0.2) is 11.5 Å². The van der Waals surface area contributed by atoms with Gasteiger partial charge in [-0.05, 0) is 32.4 Å². The minimum absolute atomic E-state index is 0.139. The summed E-state index contributed by atoms with van der Waals surface area (Å²) in [7, 11) is 1.65. The Morgan fingerprint density at radius 1 is 1.31 bits per heavy atom. The number of imidazole rings is 1. The van der Waals surface area contributed by atoms with Gasteiger partial charge in [0, 0.05) is 45.5 Å². The lowest BCUT2D eigenvalue weighted by Gasteiger charge is -2.31. The Hall–Kier alpha value is -3.47. The van der Waals surface area contributed by atoms with Crippen molar-refractivity contribution in [2.45, 2.75) is 33.4 Å². The maximum atomic E-state index is 14.5. The summed E-state index contributed by atoms with van der Waals surface area (Å²) >= 11 is 0. The molecule has 1 aromatic carbocycles. The second-order valence-corrected chi connectivity index (χ2v) is 7.67. The van der Waals surface area contributed by atoms with Crippen LogP contribution >= 0.6 is 0 Å². The second kappa shape index (κ2) is 8.58. The second-order valence-electron chi connectivity index (χ2n) is 7.67. The number of aromatic nitrogens is 4. The Morgan fingerprint density at radius 3 is 2.78 bits per heavy atom. The molecule has 3 heterocycles. The minimum Gasteiger partial charge on any atom is -0.385 e. The maximum absolute atomic E-state index is 14.5. The number of primary amides is 1. The molecule has 0 saturated carbocycles. The van der Waals surface area contributed by atoms with Crippen LogP contribution in [0.4, 0.5) is 16.0 Å². The van der Waals surface area contributed by atoms with E-state index in [-0.39, 0.29) is 17.3 Å². The summed E-state index contributed by atoms with van der Waals surface area (Å²) in [5.74, 6) is -1.56. The molecule has 0 radical (unpaired) electrons. The molecule has 0 spiro atoms. The van der Waals surface area contributed by atoms with Crippen LogP contribution in [0.2, 0.25) is 0 Å². The van der Waals surface area contributed by atoms with Gasteiger partial charge in [-0.3, -0.25) is 19.6 Å². The third kappa shape index (κ3) is 3.68. The zero-order valence-electron chi connectivity index (χ0n) is 18.3. The molecule has 0 bridgehead atoms. The molecule has 0 saturated heterocycles. The highest BCUT2D eigenvalue weighted by Gasteiger charge is 2.27. The van der Waals surface area contributed by atoms with Crippen LogP contribution in [-0.4, -0.2) is 58.0 Å². The number of halogens is 1. The normalized spacial score (nSPS) is 13.1. The van der Waals surface area contributed by atoms with Crippen LogP contribution in [0.15, 0.2) is 12.1 Å². The largest absolute Gasteiger partial charge is 0.385 e. The number of aryl methyl sites for hydroxylation is 2. The number of methoxy groups -OCH3 is 1. The van der Waals surface area contributed by atoms with E-state index in [9.17, 15) is 14.0 Å². The van der Waals surface area contributed by atoms with Crippen molar-refractivity contribution < 1.29 is 18.7 Å². The molecule has 3 aromatic rings. The smallest absolute Gasteiger partial charge is 0.279 e. The van der Waals surface area contributed by atoms with Gasteiger partial charge in [-0.1, -0.05) is 0 Å². The van der Waals surface area contributed by atoms with E-state index < -0.39 is 17.6 Å². The molecule has 0 atom stereocenters. The number of hydrogen-bond acceptors (Lipinski definition) is 6. The first kappa shape index (κ1) is 21.8. The Labute approximate surface area is 184 Å². The molecule has 32 heavy (non-hydrogen) atoms. The topological polar surface area (TPSA) is 120 Å². The van der Waals surface area contributed by atoms with Crippen molar-refractivity contribution in [3.05, 3.63) is 34.9 Å². The van der Waals surface area contributed by atoms with Gasteiger partial charge in [-0.2, -0.15) is 5.10 Å². The summed E-state index contributed by atoms with van der Waals surface area (Å²) in [6.45, 7) is 6.22. The molecule has 0 fully saturated rings. The molecule has 0 aliphatic carbocycles. The summed E-state index contributed by atoms with van der Waals surface area (Å²) in [6, 6.07) is 3.35. The van der Waals surface area contributed by atoms with Crippen LogP contribution in [0.3, 0.4) is 0 Å². The SMILES string of the molecule is CCn1nc(C)c(F)c1C(=O)Nc1nc2cc(C(N)=O)cc3c2n1CCN3CCCOC. The quantitative estimate of drug-likeness (QED) is 0.513. The molecule has 3 N–H and O–H groups in total. The number of carbonyl (C=O) groups excluding carboxylic acids is 2. The van der Waals surface area contributed by atoms with Crippen molar-refractivity contribution in [1.29, 1.82) is 0 Å². The van der Waals surface area contributed by atoms with Crippen molar-refractivity contribution in [3.63, 3.8) is 0 Å².